The lowest BCUT2D eigenvalue weighted by molar-refractivity contribution is -0.125. The molecule has 20 heavy (non-hydrogen) atoms. The lowest BCUT2D eigenvalue weighted by atomic mass is 10.0. The number of rotatable bonds is 1. The summed E-state index contributed by atoms with van der Waals surface area (Å²) in [5.41, 5.74) is 2.01. The van der Waals surface area contributed by atoms with Crippen molar-refractivity contribution in [3.05, 3.63) is 34.6 Å². The number of benzene rings is 1. The van der Waals surface area contributed by atoms with Gasteiger partial charge in [-0.15, -0.1) is 0 Å². The zero-order valence-electron chi connectivity index (χ0n) is 11.4. The molecule has 0 saturated carbocycles. The normalized spacial score (nSPS) is 22.5. The van der Waals surface area contributed by atoms with Gasteiger partial charge in [0.1, 0.15) is 11.9 Å². The summed E-state index contributed by atoms with van der Waals surface area (Å²) in [4.78, 5) is 26.1. The first-order chi connectivity index (χ1) is 9.58. The van der Waals surface area contributed by atoms with E-state index in [4.69, 9.17) is 0 Å². The smallest absolute Gasteiger partial charge is 0.255 e. The molecule has 4 nitrogen and oxygen atoms in total. The highest BCUT2D eigenvalue weighted by Gasteiger charge is 2.37. The molecule has 0 bridgehead atoms. The Labute approximate surface area is 117 Å². The second-order valence-electron chi connectivity index (χ2n) is 5.48. The van der Waals surface area contributed by atoms with E-state index in [2.05, 4.69) is 5.32 Å². The Balaban J connectivity index is 1.93. The van der Waals surface area contributed by atoms with Crippen LogP contribution in [0.3, 0.4) is 0 Å². The third kappa shape index (κ3) is 2.07. The summed E-state index contributed by atoms with van der Waals surface area (Å²) < 4.78 is 13.5. The van der Waals surface area contributed by atoms with E-state index < -0.39 is 11.9 Å². The van der Waals surface area contributed by atoms with Gasteiger partial charge in [0, 0.05) is 18.7 Å². The third-order valence-electron chi connectivity index (χ3n) is 4.14. The summed E-state index contributed by atoms with van der Waals surface area (Å²) in [5.74, 6) is -0.729. The van der Waals surface area contributed by atoms with Crippen LogP contribution in [-0.2, 0) is 11.3 Å². The van der Waals surface area contributed by atoms with Crippen molar-refractivity contribution in [2.75, 3.05) is 6.54 Å². The number of hydrogen-bond acceptors (Lipinski definition) is 2. The van der Waals surface area contributed by atoms with Crippen LogP contribution in [0.2, 0.25) is 0 Å². The van der Waals surface area contributed by atoms with Gasteiger partial charge in [0.15, 0.2) is 0 Å². The van der Waals surface area contributed by atoms with Gasteiger partial charge in [-0.05, 0) is 49.4 Å². The van der Waals surface area contributed by atoms with Gasteiger partial charge < -0.3 is 10.2 Å². The number of aryl methyl sites for hydroxylation is 1. The van der Waals surface area contributed by atoms with Gasteiger partial charge >= 0.3 is 0 Å². The monoisotopic (exact) mass is 276 g/mol. The Hall–Kier alpha value is -1.91. The molecule has 0 radical (unpaired) electrons. The minimum atomic E-state index is -0.431. The molecule has 5 heteroatoms. The number of fused-ring (bicyclic) bond motifs is 1. The summed E-state index contributed by atoms with van der Waals surface area (Å²) in [6.45, 7) is 2.86. The maximum absolute atomic E-state index is 13.5. The predicted molar refractivity (Wildman–Crippen MR) is 71.7 cm³/mol. The second-order valence-corrected chi connectivity index (χ2v) is 5.48. The van der Waals surface area contributed by atoms with Gasteiger partial charge in [0.2, 0.25) is 5.91 Å². The number of nitrogens with one attached hydrogen (secondary N) is 1. The number of nitrogens with zero attached hydrogens (tertiary/aromatic N) is 1. The van der Waals surface area contributed by atoms with E-state index in [1.807, 2.05) is 0 Å². The highest BCUT2D eigenvalue weighted by Crippen LogP contribution is 2.30. The fourth-order valence-corrected chi connectivity index (χ4v) is 3.04. The van der Waals surface area contributed by atoms with Crippen molar-refractivity contribution >= 4 is 11.8 Å². The van der Waals surface area contributed by atoms with E-state index in [1.54, 1.807) is 11.8 Å². The first-order valence-electron chi connectivity index (χ1n) is 6.95. The SMILES string of the molecule is Cc1cc(F)cc2c1CN([C@H]1CCCCNC1=O)C2=O. The highest BCUT2D eigenvalue weighted by atomic mass is 19.1. The number of carbonyl (C=O) groups is 2. The van der Waals surface area contributed by atoms with Gasteiger partial charge in [-0.1, -0.05) is 0 Å². The molecule has 0 spiro atoms. The van der Waals surface area contributed by atoms with Crippen LogP contribution in [0.1, 0.15) is 40.7 Å². The van der Waals surface area contributed by atoms with Crippen molar-refractivity contribution < 1.29 is 14.0 Å². The van der Waals surface area contributed by atoms with E-state index in [-0.39, 0.29) is 11.8 Å². The van der Waals surface area contributed by atoms with Gasteiger partial charge in [-0.25, -0.2) is 4.39 Å². The summed E-state index contributed by atoms with van der Waals surface area (Å²) in [5, 5.41) is 2.84. The lowest BCUT2D eigenvalue weighted by Gasteiger charge is -2.25. The van der Waals surface area contributed by atoms with Crippen LogP contribution in [0.15, 0.2) is 12.1 Å². The van der Waals surface area contributed by atoms with E-state index in [1.165, 1.54) is 12.1 Å². The molecule has 1 N–H and O–H groups in total. The molecule has 2 amide bonds. The maximum Gasteiger partial charge on any atom is 0.255 e. The van der Waals surface area contributed by atoms with Crippen molar-refractivity contribution in [3.8, 4) is 0 Å². The Bertz CT molecular complexity index is 585. The first-order valence-corrected chi connectivity index (χ1v) is 6.95. The van der Waals surface area contributed by atoms with Gasteiger partial charge in [-0.2, -0.15) is 0 Å². The molecule has 1 saturated heterocycles. The zero-order valence-corrected chi connectivity index (χ0v) is 11.4. The van der Waals surface area contributed by atoms with Crippen LogP contribution in [0.4, 0.5) is 4.39 Å². The Kier molecular flexibility index (Phi) is 3.20. The molecule has 0 aliphatic carbocycles. The molecule has 1 fully saturated rings. The zero-order chi connectivity index (χ0) is 14.3. The predicted octanol–water partition coefficient (Wildman–Crippen LogP) is 1.76. The molecule has 1 aromatic carbocycles. The Morgan fingerprint density at radius 2 is 2.10 bits per heavy atom. The van der Waals surface area contributed by atoms with Crippen LogP contribution in [0.25, 0.3) is 0 Å². The van der Waals surface area contributed by atoms with Crippen molar-refractivity contribution in [1.82, 2.24) is 10.2 Å². The van der Waals surface area contributed by atoms with E-state index in [9.17, 15) is 14.0 Å². The topological polar surface area (TPSA) is 49.4 Å². The maximum atomic E-state index is 13.5. The highest BCUT2D eigenvalue weighted by molar-refractivity contribution is 6.01. The molecule has 0 aromatic heterocycles. The number of amides is 2. The second kappa shape index (κ2) is 4.89. The minimum absolute atomic E-state index is 0.0956. The first kappa shape index (κ1) is 13.1. The molecule has 2 aliphatic heterocycles. The van der Waals surface area contributed by atoms with Crippen LogP contribution in [-0.4, -0.2) is 29.3 Å². The number of hydrogen-bond donors (Lipinski definition) is 1. The van der Waals surface area contributed by atoms with E-state index in [0.29, 0.717) is 25.1 Å². The molecular formula is C15H17FN2O2. The van der Waals surface area contributed by atoms with Crippen molar-refractivity contribution in [1.29, 1.82) is 0 Å². The fraction of sp³-hybridized carbons (Fsp3) is 0.467. The van der Waals surface area contributed by atoms with Crippen molar-refractivity contribution in [2.45, 2.75) is 38.8 Å². The Morgan fingerprint density at radius 1 is 1.30 bits per heavy atom. The summed E-state index contributed by atoms with van der Waals surface area (Å²) in [7, 11) is 0. The Morgan fingerprint density at radius 3 is 2.90 bits per heavy atom. The quantitative estimate of drug-likeness (QED) is 0.849. The molecule has 106 valence electrons. The molecule has 1 atom stereocenters. The van der Waals surface area contributed by atoms with E-state index in [0.717, 1.165) is 24.0 Å². The van der Waals surface area contributed by atoms with Crippen LogP contribution < -0.4 is 5.32 Å². The number of halogens is 1. The molecule has 1 aromatic rings. The third-order valence-corrected chi connectivity index (χ3v) is 4.14. The average molecular weight is 276 g/mol. The van der Waals surface area contributed by atoms with Crippen molar-refractivity contribution in [2.24, 2.45) is 0 Å². The van der Waals surface area contributed by atoms with Gasteiger partial charge in [0.25, 0.3) is 5.91 Å². The summed E-state index contributed by atoms with van der Waals surface area (Å²) >= 11 is 0. The van der Waals surface area contributed by atoms with Crippen LogP contribution >= 0.6 is 0 Å². The van der Waals surface area contributed by atoms with E-state index >= 15 is 0 Å². The lowest BCUT2D eigenvalue weighted by Crippen LogP contribution is -2.45. The summed E-state index contributed by atoms with van der Waals surface area (Å²) in [6, 6.07) is 2.28. The van der Waals surface area contributed by atoms with Crippen molar-refractivity contribution in [3.63, 3.8) is 0 Å². The molecular weight excluding hydrogens is 259 g/mol. The standard InChI is InChI=1S/C15H17FN2O2/c1-9-6-10(16)7-11-12(9)8-18(15(11)20)13-4-2-3-5-17-14(13)19/h6-7,13H,2-5,8H2,1H3,(H,17,19)/t13-/m0/s1. The molecule has 2 aliphatic rings. The molecule has 2 heterocycles. The van der Waals surface area contributed by atoms with Crippen LogP contribution in [0.5, 0.6) is 0 Å². The summed E-state index contributed by atoms with van der Waals surface area (Å²) in [6.07, 6.45) is 2.52. The van der Waals surface area contributed by atoms with Gasteiger partial charge in [0.05, 0.1) is 0 Å². The fourth-order valence-electron chi connectivity index (χ4n) is 3.04. The molecule has 0 unspecified atom stereocenters. The molecule has 3 rings (SSSR count). The van der Waals surface area contributed by atoms with Gasteiger partial charge in [-0.3, -0.25) is 9.59 Å². The minimum Gasteiger partial charge on any atom is -0.354 e. The largest absolute Gasteiger partial charge is 0.354 e. The average Bonchev–Trinajstić information content (AvgIpc) is 2.59. The van der Waals surface area contributed by atoms with Crippen LogP contribution in [0, 0.1) is 12.7 Å². The number of carbonyl (C=O) groups excluding carboxylic acids is 2.